The molecule has 0 spiro atoms. The van der Waals surface area contributed by atoms with Gasteiger partial charge in [-0.15, -0.1) is 0 Å². The zero-order chi connectivity index (χ0) is 25.1. The van der Waals surface area contributed by atoms with Crippen LogP contribution in [0.5, 0.6) is 0 Å². The molecule has 0 N–H and O–H groups in total. The highest BCUT2D eigenvalue weighted by molar-refractivity contribution is 7.90. The Bertz CT molecular complexity index is 1380. The smallest absolute Gasteiger partial charge is 0.264 e. The maximum Gasteiger partial charge on any atom is 0.264 e. The van der Waals surface area contributed by atoms with Gasteiger partial charge < -0.3 is 9.30 Å². The summed E-state index contributed by atoms with van der Waals surface area (Å²) in [4.78, 5) is 0.170. The van der Waals surface area contributed by atoms with Crippen molar-refractivity contribution in [1.82, 2.24) is 4.57 Å². The van der Waals surface area contributed by atoms with Crippen molar-refractivity contribution < 1.29 is 34.5 Å². The fraction of sp³-hybridized carbons (Fsp3) is 0.304. The van der Waals surface area contributed by atoms with E-state index in [2.05, 4.69) is 4.18 Å². The zero-order valence-electron chi connectivity index (χ0n) is 18.9. The molecular weight excluding hydrogens is 488 g/mol. The zero-order valence-corrected chi connectivity index (χ0v) is 20.5. The van der Waals surface area contributed by atoms with E-state index in [1.807, 2.05) is 13.0 Å². The van der Waals surface area contributed by atoms with Gasteiger partial charge in [-0.2, -0.15) is 8.42 Å². The molecule has 0 unspecified atom stereocenters. The average molecular weight is 514 g/mol. The summed E-state index contributed by atoms with van der Waals surface area (Å²) < 4.78 is 85.0. The fourth-order valence-electron chi connectivity index (χ4n) is 3.48. The standard InChI is InChI=1S/C23H25F2NO6S2/c1-16-18(10-11-31-12-13-32-34(3,29)30)14-23(17-4-7-20(8-5-17)33(2,27)28)26(16)19-6-9-21(24)22(25)15-19/h4-9,14-15H,10-13H2,1-3H3. The van der Waals surface area contributed by atoms with Crippen LogP contribution < -0.4 is 0 Å². The van der Waals surface area contributed by atoms with Crippen molar-refractivity contribution in [2.45, 2.75) is 18.2 Å². The number of nitrogens with zero attached hydrogens (tertiary/aromatic N) is 1. The van der Waals surface area contributed by atoms with Gasteiger partial charge >= 0.3 is 0 Å². The Morgan fingerprint density at radius 3 is 2.12 bits per heavy atom. The van der Waals surface area contributed by atoms with E-state index in [1.54, 1.807) is 16.7 Å². The van der Waals surface area contributed by atoms with E-state index in [0.29, 0.717) is 23.4 Å². The topological polar surface area (TPSA) is 91.7 Å². The number of ether oxygens (including phenoxy) is 1. The number of benzene rings is 2. The predicted molar refractivity (Wildman–Crippen MR) is 124 cm³/mol. The van der Waals surface area contributed by atoms with Gasteiger partial charge in [-0.1, -0.05) is 12.1 Å². The molecule has 0 atom stereocenters. The van der Waals surface area contributed by atoms with Gasteiger partial charge in [-0.05, 0) is 54.8 Å². The summed E-state index contributed by atoms with van der Waals surface area (Å²) in [6.45, 7) is 2.11. The Labute approximate surface area is 198 Å². The molecule has 2 aromatic carbocycles. The van der Waals surface area contributed by atoms with E-state index < -0.39 is 31.6 Å². The molecule has 3 rings (SSSR count). The molecule has 0 bridgehead atoms. The van der Waals surface area contributed by atoms with Gasteiger partial charge in [0.25, 0.3) is 10.1 Å². The molecule has 1 aromatic heterocycles. The van der Waals surface area contributed by atoms with Gasteiger partial charge in [0.05, 0.1) is 36.7 Å². The maximum atomic E-state index is 14.0. The second-order valence-electron chi connectivity index (χ2n) is 7.76. The van der Waals surface area contributed by atoms with Crippen molar-refractivity contribution in [2.75, 3.05) is 32.3 Å². The fourth-order valence-corrected chi connectivity index (χ4v) is 4.48. The number of halogens is 2. The number of aromatic nitrogens is 1. The van der Waals surface area contributed by atoms with Crippen molar-refractivity contribution in [1.29, 1.82) is 0 Å². The maximum absolute atomic E-state index is 14.0. The first-order valence-corrected chi connectivity index (χ1v) is 14.0. The first-order valence-electron chi connectivity index (χ1n) is 10.3. The van der Waals surface area contributed by atoms with Crippen LogP contribution in [-0.4, -0.2) is 53.7 Å². The van der Waals surface area contributed by atoms with E-state index >= 15 is 0 Å². The quantitative estimate of drug-likeness (QED) is 0.304. The first-order chi connectivity index (χ1) is 15.9. The van der Waals surface area contributed by atoms with E-state index in [-0.39, 0.29) is 24.7 Å². The summed E-state index contributed by atoms with van der Waals surface area (Å²) >= 11 is 0. The summed E-state index contributed by atoms with van der Waals surface area (Å²) in [5.41, 5.74) is 3.40. The summed E-state index contributed by atoms with van der Waals surface area (Å²) in [5.74, 6) is -1.95. The molecule has 34 heavy (non-hydrogen) atoms. The van der Waals surface area contributed by atoms with Crippen LogP contribution in [-0.2, 0) is 35.3 Å². The lowest BCUT2D eigenvalue weighted by Gasteiger charge is -2.13. The van der Waals surface area contributed by atoms with Crippen molar-refractivity contribution >= 4 is 20.0 Å². The molecule has 3 aromatic rings. The molecule has 1 heterocycles. The van der Waals surface area contributed by atoms with Crippen LogP contribution in [0.1, 0.15) is 11.3 Å². The third-order valence-corrected chi connectivity index (χ3v) is 6.86. The lowest BCUT2D eigenvalue weighted by atomic mass is 10.1. The minimum atomic E-state index is -3.53. The second-order valence-corrected chi connectivity index (χ2v) is 11.4. The third-order valence-electron chi connectivity index (χ3n) is 5.13. The van der Waals surface area contributed by atoms with Crippen LogP contribution in [0.2, 0.25) is 0 Å². The van der Waals surface area contributed by atoms with E-state index in [4.69, 9.17) is 4.74 Å². The molecule has 184 valence electrons. The van der Waals surface area contributed by atoms with Gasteiger partial charge in [0.15, 0.2) is 21.5 Å². The van der Waals surface area contributed by atoms with E-state index in [1.165, 1.54) is 18.2 Å². The highest BCUT2D eigenvalue weighted by atomic mass is 32.2. The molecule has 11 heteroatoms. The highest BCUT2D eigenvalue weighted by Crippen LogP contribution is 2.31. The summed E-state index contributed by atoms with van der Waals surface area (Å²) in [6.07, 6.45) is 2.55. The van der Waals surface area contributed by atoms with Gasteiger partial charge in [0, 0.05) is 23.7 Å². The lowest BCUT2D eigenvalue weighted by molar-refractivity contribution is 0.105. The second kappa shape index (κ2) is 10.3. The molecule has 0 aliphatic rings. The van der Waals surface area contributed by atoms with Crippen molar-refractivity contribution in [3.63, 3.8) is 0 Å². The molecule has 0 aliphatic heterocycles. The largest absolute Gasteiger partial charge is 0.379 e. The van der Waals surface area contributed by atoms with Gasteiger partial charge in [0.1, 0.15) is 0 Å². The van der Waals surface area contributed by atoms with Crippen molar-refractivity contribution in [2.24, 2.45) is 0 Å². The molecule has 0 saturated heterocycles. The minimum Gasteiger partial charge on any atom is -0.379 e. The lowest BCUT2D eigenvalue weighted by Crippen LogP contribution is -2.11. The Hall–Kier alpha value is -2.60. The average Bonchev–Trinajstić information content (AvgIpc) is 3.07. The minimum absolute atomic E-state index is 0.0916. The van der Waals surface area contributed by atoms with Crippen LogP contribution in [0.3, 0.4) is 0 Å². The number of hydrogen-bond donors (Lipinski definition) is 0. The van der Waals surface area contributed by atoms with Gasteiger partial charge in [0.2, 0.25) is 0 Å². The Morgan fingerprint density at radius 2 is 1.53 bits per heavy atom. The van der Waals surface area contributed by atoms with Crippen LogP contribution in [0, 0.1) is 18.6 Å². The molecule has 0 radical (unpaired) electrons. The van der Waals surface area contributed by atoms with Crippen LogP contribution in [0.25, 0.3) is 16.9 Å². The van der Waals surface area contributed by atoms with Gasteiger partial charge in [-0.3, -0.25) is 4.18 Å². The summed E-state index contributed by atoms with van der Waals surface area (Å²) in [7, 11) is -6.90. The number of hydrogen-bond acceptors (Lipinski definition) is 6. The normalized spacial score (nSPS) is 12.3. The third kappa shape index (κ3) is 6.50. The van der Waals surface area contributed by atoms with Crippen molar-refractivity contribution in [3.8, 4) is 16.9 Å². The molecule has 0 amide bonds. The monoisotopic (exact) mass is 513 g/mol. The van der Waals surface area contributed by atoms with Crippen molar-refractivity contribution in [3.05, 3.63) is 71.4 Å². The van der Waals surface area contributed by atoms with Gasteiger partial charge in [-0.25, -0.2) is 17.2 Å². The van der Waals surface area contributed by atoms with Crippen LogP contribution in [0.4, 0.5) is 8.78 Å². The molecular formula is C23H25F2NO6S2. The first kappa shape index (κ1) is 26.0. The van der Waals surface area contributed by atoms with Crippen LogP contribution in [0.15, 0.2) is 53.4 Å². The predicted octanol–water partition coefficient (Wildman–Crippen LogP) is 3.67. The molecule has 0 saturated carbocycles. The SMILES string of the molecule is Cc1c(CCOCCOS(C)(=O)=O)cc(-c2ccc(S(C)(=O)=O)cc2)n1-c1ccc(F)c(F)c1. The van der Waals surface area contributed by atoms with E-state index in [9.17, 15) is 25.6 Å². The number of rotatable bonds is 10. The molecule has 0 fully saturated rings. The molecule has 0 aliphatic carbocycles. The highest BCUT2D eigenvalue weighted by Gasteiger charge is 2.17. The Kier molecular flexibility index (Phi) is 7.91. The van der Waals surface area contributed by atoms with E-state index in [0.717, 1.165) is 35.9 Å². The Morgan fingerprint density at radius 1 is 0.853 bits per heavy atom. The van der Waals surface area contributed by atoms with Crippen LogP contribution >= 0.6 is 0 Å². The summed E-state index contributed by atoms with van der Waals surface area (Å²) in [6, 6.07) is 11.8. The Balaban J connectivity index is 1.91. The number of sulfone groups is 1. The summed E-state index contributed by atoms with van der Waals surface area (Å²) in [5, 5.41) is 0. The molecule has 7 nitrogen and oxygen atoms in total.